The molecule has 5 nitrogen and oxygen atoms in total. The van der Waals surface area contributed by atoms with Crippen LogP contribution in [0.3, 0.4) is 0 Å². The molecule has 0 aliphatic heterocycles. The second-order valence-corrected chi connectivity index (χ2v) is 8.75. The molecule has 0 saturated carbocycles. The average molecular weight is 448 g/mol. The van der Waals surface area contributed by atoms with Crippen LogP contribution in [0.15, 0.2) is 77.7 Å². The standard InChI is InChI=1S/C22H19F3N2O3S/c1-15-12-13-16(21(28)26-19-11-7-6-10-18(19)22(23,24)25)14-20(15)27(2)31(29,30)17-8-4-3-5-9-17/h3-14H,1-2H3,(H,26,28). The molecule has 0 aliphatic carbocycles. The van der Waals surface area contributed by atoms with E-state index >= 15 is 0 Å². The summed E-state index contributed by atoms with van der Waals surface area (Å²) >= 11 is 0. The van der Waals surface area contributed by atoms with Crippen LogP contribution in [-0.4, -0.2) is 21.4 Å². The van der Waals surface area contributed by atoms with Crippen LogP contribution in [0.1, 0.15) is 21.5 Å². The molecule has 162 valence electrons. The van der Waals surface area contributed by atoms with Crippen molar-refractivity contribution in [3.05, 3.63) is 89.5 Å². The molecule has 0 aliphatic rings. The summed E-state index contributed by atoms with van der Waals surface area (Å²) in [6.07, 6.45) is -4.63. The Kier molecular flexibility index (Phi) is 6.08. The molecule has 0 saturated heterocycles. The molecule has 1 amide bonds. The van der Waals surface area contributed by atoms with Gasteiger partial charge >= 0.3 is 6.18 Å². The Hall–Kier alpha value is -3.33. The maximum absolute atomic E-state index is 13.2. The molecule has 0 unspecified atom stereocenters. The van der Waals surface area contributed by atoms with Gasteiger partial charge in [0.15, 0.2) is 0 Å². The zero-order chi connectivity index (χ0) is 22.8. The van der Waals surface area contributed by atoms with Crippen molar-refractivity contribution >= 4 is 27.3 Å². The summed E-state index contributed by atoms with van der Waals surface area (Å²) in [5.41, 5.74) is -0.519. The highest BCUT2D eigenvalue weighted by Crippen LogP contribution is 2.35. The molecule has 1 N–H and O–H groups in total. The number of sulfonamides is 1. The molecule has 0 radical (unpaired) electrons. The first-order valence-corrected chi connectivity index (χ1v) is 10.6. The summed E-state index contributed by atoms with van der Waals surface area (Å²) < 4.78 is 66.4. The fourth-order valence-corrected chi connectivity index (χ4v) is 4.28. The van der Waals surface area contributed by atoms with Crippen molar-refractivity contribution in [2.45, 2.75) is 18.0 Å². The van der Waals surface area contributed by atoms with E-state index < -0.39 is 27.7 Å². The number of benzene rings is 3. The maximum atomic E-state index is 13.2. The first kappa shape index (κ1) is 22.4. The van der Waals surface area contributed by atoms with Crippen molar-refractivity contribution in [2.24, 2.45) is 0 Å². The number of rotatable bonds is 5. The number of aryl methyl sites for hydroxylation is 1. The maximum Gasteiger partial charge on any atom is 0.418 e. The predicted octanol–water partition coefficient (Wildman–Crippen LogP) is 5.09. The second kappa shape index (κ2) is 8.43. The lowest BCUT2D eigenvalue weighted by atomic mass is 10.1. The zero-order valence-corrected chi connectivity index (χ0v) is 17.5. The number of hydrogen-bond donors (Lipinski definition) is 1. The predicted molar refractivity (Wildman–Crippen MR) is 113 cm³/mol. The van der Waals surface area contributed by atoms with Gasteiger partial charge in [-0.1, -0.05) is 36.4 Å². The van der Waals surface area contributed by atoms with Gasteiger partial charge in [0.2, 0.25) is 0 Å². The largest absolute Gasteiger partial charge is 0.418 e. The average Bonchev–Trinajstić information content (AvgIpc) is 2.73. The number of nitrogens with zero attached hydrogens (tertiary/aromatic N) is 1. The Labute approximate surface area is 178 Å². The molecule has 3 aromatic rings. The van der Waals surface area contributed by atoms with E-state index in [2.05, 4.69) is 5.32 Å². The number of anilines is 2. The number of carbonyl (C=O) groups excluding carboxylic acids is 1. The molecular weight excluding hydrogens is 429 g/mol. The molecule has 0 heterocycles. The topological polar surface area (TPSA) is 66.5 Å². The molecule has 31 heavy (non-hydrogen) atoms. The van der Waals surface area contributed by atoms with Crippen molar-refractivity contribution < 1.29 is 26.4 Å². The number of amides is 1. The molecule has 0 spiro atoms. The van der Waals surface area contributed by atoms with E-state index in [1.165, 1.54) is 49.5 Å². The van der Waals surface area contributed by atoms with Gasteiger partial charge < -0.3 is 5.32 Å². The smallest absolute Gasteiger partial charge is 0.321 e. The van der Waals surface area contributed by atoms with Crippen LogP contribution in [0, 0.1) is 6.92 Å². The molecule has 3 aromatic carbocycles. The van der Waals surface area contributed by atoms with E-state index in [9.17, 15) is 26.4 Å². The minimum atomic E-state index is -4.63. The fraction of sp³-hybridized carbons (Fsp3) is 0.136. The van der Waals surface area contributed by atoms with Gasteiger partial charge in [-0.15, -0.1) is 0 Å². The van der Waals surface area contributed by atoms with Crippen LogP contribution in [0.25, 0.3) is 0 Å². The van der Waals surface area contributed by atoms with Crippen molar-refractivity contribution in [1.29, 1.82) is 0 Å². The van der Waals surface area contributed by atoms with Crippen LogP contribution in [0.2, 0.25) is 0 Å². The van der Waals surface area contributed by atoms with Crippen LogP contribution in [0.4, 0.5) is 24.5 Å². The van der Waals surface area contributed by atoms with E-state index in [0.717, 1.165) is 16.4 Å². The molecule has 0 fully saturated rings. The number of hydrogen-bond acceptors (Lipinski definition) is 3. The SMILES string of the molecule is Cc1ccc(C(=O)Nc2ccccc2C(F)(F)F)cc1N(C)S(=O)(=O)c1ccccc1. The summed E-state index contributed by atoms with van der Waals surface area (Å²) in [7, 11) is -2.54. The molecular formula is C22H19F3N2O3S. The Morgan fingerprint density at radius 3 is 2.19 bits per heavy atom. The monoisotopic (exact) mass is 448 g/mol. The normalized spacial score (nSPS) is 11.8. The van der Waals surface area contributed by atoms with Gasteiger partial charge in [0.25, 0.3) is 15.9 Å². The van der Waals surface area contributed by atoms with Crippen molar-refractivity contribution in [3.63, 3.8) is 0 Å². The van der Waals surface area contributed by atoms with Gasteiger partial charge in [-0.3, -0.25) is 9.10 Å². The van der Waals surface area contributed by atoms with Crippen LogP contribution >= 0.6 is 0 Å². The van der Waals surface area contributed by atoms with Gasteiger partial charge in [-0.2, -0.15) is 13.2 Å². The Morgan fingerprint density at radius 2 is 1.55 bits per heavy atom. The van der Waals surface area contributed by atoms with E-state index in [-0.39, 0.29) is 21.8 Å². The third-order valence-corrected chi connectivity index (χ3v) is 6.48. The first-order chi connectivity index (χ1) is 14.5. The molecule has 0 atom stereocenters. The minimum absolute atomic E-state index is 0.0210. The molecule has 9 heteroatoms. The lowest BCUT2D eigenvalue weighted by Crippen LogP contribution is -2.27. The Bertz CT molecular complexity index is 1210. The lowest BCUT2D eigenvalue weighted by molar-refractivity contribution is -0.136. The van der Waals surface area contributed by atoms with Crippen LogP contribution < -0.4 is 9.62 Å². The third-order valence-electron chi connectivity index (χ3n) is 4.69. The fourth-order valence-electron chi connectivity index (χ4n) is 3.00. The van der Waals surface area contributed by atoms with Gasteiger partial charge in [0, 0.05) is 12.6 Å². The minimum Gasteiger partial charge on any atom is -0.321 e. The first-order valence-electron chi connectivity index (χ1n) is 9.14. The number of alkyl halides is 3. The van der Waals surface area contributed by atoms with E-state index in [4.69, 9.17) is 0 Å². The van der Waals surface area contributed by atoms with Crippen LogP contribution in [0.5, 0.6) is 0 Å². The Morgan fingerprint density at radius 1 is 0.935 bits per heavy atom. The molecule has 3 rings (SSSR count). The van der Waals surface area contributed by atoms with Gasteiger partial charge in [0.05, 0.1) is 21.8 Å². The van der Waals surface area contributed by atoms with Gasteiger partial charge in [-0.05, 0) is 48.9 Å². The summed E-state index contributed by atoms with van der Waals surface area (Å²) in [6.45, 7) is 1.67. The number of nitrogens with one attached hydrogen (secondary N) is 1. The number of halogens is 3. The van der Waals surface area contributed by atoms with Crippen molar-refractivity contribution in [2.75, 3.05) is 16.7 Å². The number of carbonyl (C=O) groups is 1. The summed E-state index contributed by atoms with van der Waals surface area (Å²) in [5, 5.41) is 2.26. The highest BCUT2D eigenvalue weighted by atomic mass is 32.2. The van der Waals surface area contributed by atoms with Crippen LogP contribution in [-0.2, 0) is 16.2 Å². The van der Waals surface area contributed by atoms with Crippen molar-refractivity contribution in [3.8, 4) is 0 Å². The highest BCUT2D eigenvalue weighted by molar-refractivity contribution is 7.92. The quantitative estimate of drug-likeness (QED) is 0.591. The summed E-state index contributed by atoms with van der Waals surface area (Å²) in [4.78, 5) is 12.7. The molecule has 0 bridgehead atoms. The summed E-state index contributed by atoms with van der Waals surface area (Å²) in [5.74, 6) is -0.788. The second-order valence-electron chi connectivity index (χ2n) is 6.78. The van der Waals surface area contributed by atoms with E-state index in [1.54, 1.807) is 25.1 Å². The lowest BCUT2D eigenvalue weighted by Gasteiger charge is -2.22. The van der Waals surface area contributed by atoms with Gasteiger partial charge in [0.1, 0.15) is 0 Å². The summed E-state index contributed by atoms with van der Waals surface area (Å²) in [6, 6.07) is 16.7. The third kappa shape index (κ3) is 4.72. The highest BCUT2D eigenvalue weighted by Gasteiger charge is 2.33. The number of para-hydroxylation sites is 1. The molecule has 0 aromatic heterocycles. The zero-order valence-electron chi connectivity index (χ0n) is 16.6. The van der Waals surface area contributed by atoms with E-state index in [1.807, 2.05) is 0 Å². The van der Waals surface area contributed by atoms with E-state index in [0.29, 0.717) is 5.56 Å². The van der Waals surface area contributed by atoms with Gasteiger partial charge in [-0.25, -0.2) is 8.42 Å². The Balaban J connectivity index is 1.94. The van der Waals surface area contributed by atoms with Crippen molar-refractivity contribution in [1.82, 2.24) is 0 Å².